The quantitative estimate of drug-likeness (QED) is 0.911. The maximum absolute atomic E-state index is 13.6. The summed E-state index contributed by atoms with van der Waals surface area (Å²) in [5, 5.41) is 12.1. The second-order valence-electron chi connectivity index (χ2n) is 3.35. The highest BCUT2D eigenvalue weighted by molar-refractivity contribution is 5.86. The van der Waals surface area contributed by atoms with Crippen molar-refractivity contribution in [2.24, 2.45) is 0 Å². The zero-order chi connectivity index (χ0) is 13.3. The van der Waals surface area contributed by atoms with E-state index in [1.807, 2.05) is 0 Å². The van der Waals surface area contributed by atoms with E-state index in [-0.39, 0.29) is 17.0 Å². The largest absolute Gasteiger partial charge is 0.496 e. The first-order valence-electron chi connectivity index (χ1n) is 4.76. The monoisotopic (exact) mass is 255 g/mol. The van der Waals surface area contributed by atoms with Gasteiger partial charge in [0, 0.05) is 18.2 Å². The van der Waals surface area contributed by atoms with Gasteiger partial charge in [-0.15, -0.1) is 0 Å². The molecule has 0 unspecified atom stereocenters. The Labute approximate surface area is 99.6 Å². The third kappa shape index (κ3) is 2.02. The summed E-state index contributed by atoms with van der Waals surface area (Å²) in [6.45, 7) is 0. The van der Waals surface area contributed by atoms with Gasteiger partial charge < -0.3 is 14.4 Å². The van der Waals surface area contributed by atoms with Crippen LogP contribution in [-0.4, -0.2) is 23.3 Å². The van der Waals surface area contributed by atoms with E-state index >= 15 is 0 Å². The number of carboxylic acid groups (broad SMARTS) is 1. The Morgan fingerprint density at radius 1 is 1.39 bits per heavy atom. The molecule has 1 N–H and O–H groups in total. The predicted molar refractivity (Wildman–Crippen MR) is 55.4 cm³/mol. The molecule has 0 saturated heterocycles. The summed E-state index contributed by atoms with van der Waals surface area (Å²) in [6.07, 6.45) is 0. The van der Waals surface area contributed by atoms with Crippen LogP contribution in [0.3, 0.4) is 0 Å². The highest BCUT2D eigenvalue weighted by atomic mass is 19.1. The molecule has 2 aromatic rings. The number of methoxy groups -OCH3 is 1. The minimum Gasteiger partial charge on any atom is -0.496 e. The standard InChI is InChI=1S/C11H7F2NO4/c1-17-8-3-5(12)2-6(13)10(8)7-4-9(11(15)16)18-14-7/h2-4H,1H3,(H,15,16). The molecule has 0 saturated carbocycles. The van der Waals surface area contributed by atoms with Crippen molar-refractivity contribution in [3.05, 3.63) is 35.6 Å². The first-order valence-corrected chi connectivity index (χ1v) is 4.76. The Kier molecular flexibility index (Phi) is 2.97. The van der Waals surface area contributed by atoms with Gasteiger partial charge in [0.05, 0.1) is 12.7 Å². The lowest BCUT2D eigenvalue weighted by molar-refractivity contribution is 0.0652. The van der Waals surface area contributed by atoms with E-state index in [4.69, 9.17) is 9.84 Å². The average Bonchev–Trinajstić information content (AvgIpc) is 2.77. The number of aromatic carboxylic acids is 1. The van der Waals surface area contributed by atoms with Gasteiger partial charge in [-0.3, -0.25) is 0 Å². The number of benzene rings is 1. The highest BCUT2D eigenvalue weighted by Crippen LogP contribution is 2.33. The fraction of sp³-hybridized carbons (Fsp3) is 0.0909. The van der Waals surface area contributed by atoms with Gasteiger partial charge in [-0.05, 0) is 0 Å². The number of aromatic nitrogens is 1. The van der Waals surface area contributed by atoms with Crippen LogP contribution in [0.15, 0.2) is 22.7 Å². The lowest BCUT2D eigenvalue weighted by Gasteiger charge is -2.06. The molecule has 0 amide bonds. The van der Waals surface area contributed by atoms with Gasteiger partial charge >= 0.3 is 5.97 Å². The normalized spacial score (nSPS) is 10.4. The van der Waals surface area contributed by atoms with Crippen molar-refractivity contribution in [1.29, 1.82) is 0 Å². The van der Waals surface area contributed by atoms with Gasteiger partial charge in [-0.2, -0.15) is 0 Å². The zero-order valence-corrected chi connectivity index (χ0v) is 9.11. The number of hydrogen-bond donors (Lipinski definition) is 1. The fourth-order valence-electron chi connectivity index (χ4n) is 1.45. The summed E-state index contributed by atoms with van der Waals surface area (Å²) in [7, 11) is 1.23. The van der Waals surface area contributed by atoms with E-state index in [1.54, 1.807) is 0 Å². The Morgan fingerprint density at radius 3 is 2.67 bits per heavy atom. The van der Waals surface area contributed by atoms with Crippen LogP contribution in [0.5, 0.6) is 5.75 Å². The van der Waals surface area contributed by atoms with Gasteiger partial charge in [0.25, 0.3) is 0 Å². The fourth-order valence-corrected chi connectivity index (χ4v) is 1.45. The first kappa shape index (κ1) is 12.0. The minimum atomic E-state index is -1.34. The van der Waals surface area contributed by atoms with Crippen LogP contribution >= 0.6 is 0 Å². The van der Waals surface area contributed by atoms with Crippen molar-refractivity contribution < 1.29 is 27.9 Å². The molecule has 0 fully saturated rings. The molecule has 0 radical (unpaired) electrons. The Bertz CT molecular complexity index is 609. The zero-order valence-electron chi connectivity index (χ0n) is 9.11. The van der Waals surface area contributed by atoms with Crippen molar-refractivity contribution >= 4 is 5.97 Å². The van der Waals surface area contributed by atoms with E-state index in [1.165, 1.54) is 7.11 Å². The number of hydrogen-bond acceptors (Lipinski definition) is 4. The number of carbonyl (C=O) groups is 1. The van der Waals surface area contributed by atoms with Crippen LogP contribution < -0.4 is 4.74 Å². The van der Waals surface area contributed by atoms with E-state index in [0.717, 1.165) is 12.1 Å². The molecule has 7 heteroatoms. The van der Waals surface area contributed by atoms with Gasteiger partial charge in [-0.25, -0.2) is 13.6 Å². The summed E-state index contributed by atoms with van der Waals surface area (Å²) in [5.74, 6) is -3.61. The molecular formula is C11H7F2NO4. The molecule has 18 heavy (non-hydrogen) atoms. The minimum absolute atomic E-state index is 0.0817. The molecule has 1 heterocycles. The van der Waals surface area contributed by atoms with Crippen molar-refractivity contribution in [3.63, 3.8) is 0 Å². The van der Waals surface area contributed by atoms with Crippen LogP contribution in [0, 0.1) is 11.6 Å². The predicted octanol–water partition coefficient (Wildman–Crippen LogP) is 2.33. The van der Waals surface area contributed by atoms with Crippen molar-refractivity contribution in [3.8, 4) is 17.0 Å². The number of halogens is 2. The van der Waals surface area contributed by atoms with E-state index in [2.05, 4.69) is 9.68 Å². The second-order valence-corrected chi connectivity index (χ2v) is 3.35. The van der Waals surface area contributed by atoms with E-state index in [0.29, 0.717) is 6.07 Å². The Balaban J connectivity index is 2.58. The molecule has 0 atom stereocenters. The van der Waals surface area contributed by atoms with E-state index < -0.39 is 23.4 Å². The lowest BCUT2D eigenvalue weighted by Crippen LogP contribution is -1.94. The van der Waals surface area contributed by atoms with Gasteiger partial charge in [0.15, 0.2) is 0 Å². The second kappa shape index (κ2) is 4.44. The molecule has 0 bridgehead atoms. The summed E-state index contributed by atoms with van der Waals surface area (Å²) >= 11 is 0. The van der Waals surface area contributed by atoms with Crippen molar-refractivity contribution in [1.82, 2.24) is 5.16 Å². The van der Waals surface area contributed by atoms with Gasteiger partial charge in [0.1, 0.15) is 23.1 Å². The van der Waals surface area contributed by atoms with Gasteiger partial charge in [-0.1, -0.05) is 5.16 Å². The third-order valence-electron chi connectivity index (χ3n) is 2.22. The molecule has 1 aromatic heterocycles. The number of ether oxygens (including phenoxy) is 1. The summed E-state index contributed by atoms with van der Waals surface area (Å²) in [4.78, 5) is 10.6. The maximum atomic E-state index is 13.6. The topological polar surface area (TPSA) is 72.6 Å². The lowest BCUT2D eigenvalue weighted by atomic mass is 10.1. The van der Waals surface area contributed by atoms with Crippen molar-refractivity contribution in [2.45, 2.75) is 0 Å². The van der Waals surface area contributed by atoms with Crippen LogP contribution in [0.25, 0.3) is 11.3 Å². The third-order valence-corrected chi connectivity index (χ3v) is 2.22. The molecule has 0 aliphatic rings. The van der Waals surface area contributed by atoms with Crippen LogP contribution in [0.1, 0.15) is 10.6 Å². The van der Waals surface area contributed by atoms with E-state index in [9.17, 15) is 13.6 Å². The molecule has 0 spiro atoms. The first-order chi connectivity index (χ1) is 8.52. The molecular weight excluding hydrogens is 248 g/mol. The molecule has 94 valence electrons. The Hall–Kier alpha value is -2.44. The Morgan fingerprint density at radius 2 is 2.11 bits per heavy atom. The number of carboxylic acids is 1. The molecule has 0 aliphatic carbocycles. The number of rotatable bonds is 3. The number of nitrogens with zero attached hydrogens (tertiary/aromatic N) is 1. The van der Waals surface area contributed by atoms with Gasteiger partial charge in [0.2, 0.25) is 5.76 Å². The molecule has 0 aliphatic heterocycles. The van der Waals surface area contributed by atoms with Crippen LogP contribution in [0.2, 0.25) is 0 Å². The van der Waals surface area contributed by atoms with Crippen molar-refractivity contribution in [2.75, 3.05) is 7.11 Å². The highest BCUT2D eigenvalue weighted by Gasteiger charge is 2.20. The molecule has 1 aromatic carbocycles. The smallest absolute Gasteiger partial charge is 0.374 e. The average molecular weight is 255 g/mol. The van der Waals surface area contributed by atoms with Crippen LogP contribution in [0.4, 0.5) is 8.78 Å². The van der Waals surface area contributed by atoms with Crippen LogP contribution in [-0.2, 0) is 0 Å². The molecule has 2 rings (SSSR count). The summed E-state index contributed by atoms with van der Waals surface area (Å²) in [5.41, 5.74) is -0.239. The summed E-state index contributed by atoms with van der Waals surface area (Å²) in [6, 6.07) is 2.64. The molecule has 5 nitrogen and oxygen atoms in total. The summed E-state index contributed by atoms with van der Waals surface area (Å²) < 4.78 is 36.0. The SMILES string of the molecule is COc1cc(F)cc(F)c1-c1cc(C(=O)O)on1. The maximum Gasteiger partial charge on any atom is 0.374 e.